The minimum atomic E-state index is 0. The van der Waals surface area contributed by atoms with E-state index in [0.29, 0.717) is 29.1 Å². The van der Waals surface area contributed by atoms with Crippen LogP contribution in [0.4, 0.5) is 0 Å². The van der Waals surface area contributed by atoms with Gasteiger partial charge in [-0.3, -0.25) is 0 Å². The van der Waals surface area contributed by atoms with Gasteiger partial charge in [0.2, 0.25) is 11.7 Å². The molecule has 21 heavy (non-hydrogen) atoms. The van der Waals surface area contributed by atoms with Gasteiger partial charge in [0.25, 0.3) is 0 Å². The normalized spacial score (nSPS) is 17.3. The second-order valence-corrected chi connectivity index (χ2v) is 4.72. The molecular formula is C14H18ClN3O3. The Labute approximate surface area is 129 Å². The van der Waals surface area contributed by atoms with Crippen LogP contribution in [0.1, 0.15) is 18.2 Å². The van der Waals surface area contributed by atoms with E-state index < -0.39 is 0 Å². The Morgan fingerprint density at radius 3 is 2.71 bits per heavy atom. The third kappa shape index (κ3) is 3.11. The van der Waals surface area contributed by atoms with Gasteiger partial charge < -0.3 is 19.3 Å². The molecule has 0 aliphatic carbocycles. The van der Waals surface area contributed by atoms with Gasteiger partial charge in [-0.1, -0.05) is 5.16 Å². The number of hydrogen-bond acceptors (Lipinski definition) is 6. The Morgan fingerprint density at radius 1 is 1.24 bits per heavy atom. The van der Waals surface area contributed by atoms with Crippen LogP contribution in [0.2, 0.25) is 0 Å². The molecule has 0 bridgehead atoms. The summed E-state index contributed by atoms with van der Waals surface area (Å²) in [6, 6.07) is 5.57. The Balaban J connectivity index is 0.00000161. The number of nitrogens with zero attached hydrogens (tertiary/aromatic N) is 2. The van der Waals surface area contributed by atoms with Gasteiger partial charge >= 0.3 is 0 Å². The molecule has 0 radical (unpaired) electrons. The molecule has 7 heteroatoms. The number of ether oxygens (including phenoxy) is 2. The summed E-state index contributed by atoms with van der Waals surface area (Å²) in [4.78, 5) is 4.48. The van der Waals surface area contributed by atoms with Crippen molar-refractivity contribution >= 4 is 12.4 Å². The summed E-state index contributed by atoms with van der Waals surface area (Å²) in [5, 5.41) is 7.34. The quantitative estimate of drug-likeness (QED) is 0.934. The van der Waals surface area contributed by atoms with Gasteiger partial charge in [-0.2, -0.15) is 4.98 Å². The first kappa shape index (κ1) is 15.6. The Kier molecular flexibility index (Phi) is 5.03. The van der Waals surface area contributed by atoms with Gasteiger partial charge in [0.1, 0.15) is 0 Å². The van der Waals surface area contributed by atoms with Crippen LogP contribution in [0.25, 0.3) is 11.4 Å². The molecule has 1 aliphatic heterocycles. The van der Waals surface area contributed by atoms with Crippen molar-refractivity contribution in [2.24, 2.45) is 0 Å². The fourth-order valence-corrected chi connectivity index (χ4v) is 2.36. The van der Waals surface area contributed by atoms with E-state index in [9.17, 15) is 0 Å². The molecule has 114 valence electrons. The summed E-state index contributed by atoms with van der Waals surface area (Å²) in [5.74, 6) is 2.92. The van der Waals surface area contributed by atoms with Gasteiger partial charge in [-0.15, -0.1) is 12.4 Å². The largest absolute Gasteiger partial charge is 0.493 e. The highest BCUT2D eigenvalue weighted by Crippen LogP contribution is 2.32. The molecule has 0 spiro atoms. The molecule has 1 saturated heterocycles. The van der Waals surface area contributed by atoms with Crippen molar-refractivity contribution in [3.63, 3.8) is 0 Å². The van der Waals surface area contributed by atoms with Crippen LogP contribution >= 0.6 is 12.4 Å². The van der Waals surface area contributed by atoms with Gasteiger partial charge in [-0.05, 0) is 31.2 Å². The van der Waals surface area contributed by atoms with E-state index in [1.165, 1.54) is 0 Å². The SMILES string of the molecule is COc1ccc(-c2noc([C@H]3CCNC3)n2)cc1OC.Cl. The molecule has 1 aromatic heterocycles. The highest BCUT2D eigenvalue weighted by atomic mass is 35.5. The summed E-state index contributed by atoms with van der Waals surface area (Å²) in [6.45, 7) is 1.90. The van der Waals surface area contributed by atoms with Gasteiger partial charge in [0.15, 0.2) is 11.5 Å². The van der Waals surface area contributed by atoms with E-state index in [-0.39, 0.29) is 12.4 Å². The fraction of sp³-hybridized carbons (Fsp3) is 0.429. The van der Waals surface area contributed by atoms with Crippen molar-refractivity contribution in [3.8, 4) is 22.9 Å². The van der Waals surface area contributed by atoms with Crippen molar-refractivity contribution < 1.29 is 14.0 Å². The number of aromatic nitrogens is 2. The molecule has 1 aromatic carbocycles. The van der Waals surface area contributed by atoms with Crippen LogP contribution in [-0.4, -0.2) is 37.4 Å². The number of hydrogen-bond donors (Lipinski definition) is 1. The Morgan fingerprint density at radius 2 is 2.05 bits per heavy atom. The predicted molar refractivity (Wildman–Crippen MR) is 80.3 cm³/mol. The lowest BCUT2D eigenvalue weighted by atomic mass is 10.1. The van der Waals surface area contributed by atoms with Crippen molar-refractivity contribution in [1.29, 1.82) is 0 Å². The van der Waals surface area contributed by atoms with Gasteiger partial charge in [0.05, 0.1) is 20.1 Å². The average molecular weight is 312 g/mol. The summed E-state index contributed by atoms with van der Waals surface area (Å²) < 4.78 is 15.9. The van der Waals surface area contributed by atoms with Crippen LogP contribution in [0, 0.1) is 0 Å². The highest BCUT2D eigenvalue weighted by Gasteiger charge is 2.23. The maximum absolute atomic E-state index is 5.36. The zero-order chi connectivity index (χ0) is 13.9. The molecule has 1 N–H and O–H groups in total. The van der Waals surface area contributed by atoms with E-state index in [1.807, 2.05) is 18.2 Å². The first-order chi connectivity index (χ1) is 9.81. The summed E-state index contributed by atoms with van der Waals surface area (Å²) in [7, 11) is 3.21. The molecular weight excluding hydrogens is 294 g/mol. The maximum atomic E-state index is 5.36. The average Bonchev–Trinajstić information content (AvgIpc) is 3.16. The lowest BCUT2D eigenvalue weighted by Gasteiger charge is -2.07. The van der Waals surface area contributed by atoms with E-state index >= 15 is 0 Å². The van der Waals surface area contributed by atoms with Gasteiger partial charge in [-0.25, -0.2) is 0 Å². The minimum absolute atomic E-state index is 0. The molecule has 0 saturated carbocycles. The minimum Gasteiger partial charge on any atom is -0.493 e. The lowest BCUT2D eigenvalue weighted by Crippen LogP contribution is -2.08. The first-order valence-electron chi connectivity index (χ1n) is 6.58. The van der Waals surface area contributed by atoms with E-state index in [0.717, 1.165) is 25.1 Å². The standard InChI is InChI=1S/C14H17N3O3.ClH/c1-18-11-4-3-9(7-12(11)19-2)13-16-14(20-17-13)10-5-6-15-8-10;/h3-4,7,10,15H,5-6,8H2,1-2H3;1H/t10-;/m0./s1. The number of methoxy groups -OCH3 is 2. The molecule has 3 rings (SSSR count). The molecule has 1 atom stereocenters. The molecule has 1 aliphatic rings. The van der Waals surface area contributed by atoms with Crippen LogP contribution in [0.15, 0.2) is 22.7 Å². The van der Waals surface area contributed by atoms with E-state index in [4.69, 9.17) is 14.0 Å². The van der Waals surface area contributed by atoms with E-state index in [1.54, 1.807) is 14.2 Å². The van der Waals surface area contributed by atoms with Crippen molar-refractivity contribution in [2.75, 3.05) is 27.3 Å². The number of halogens is 1. The third-order valence-corrected chi connectivity index (χ3v) is 3.49. The molecule has 0 unspecified atom stereocenters. The highest BCUT2D eigenvalue weighted by molar-refractivity contribution is 5.85. The fourth-order valence-electron chi connectivity index (χ4n) is 2.36. The lowest BCUT2D eigenvalue weighted by molar-refractivity contribution is 0.354. The number of nitrogens with one attached hydrogen (secondary N) is 1. The zero-order valence-corrected chi connectivity index (χ0v) is 12.8. The number of rotatable bonds is 4. The topological polar surface area (TPSA) is 69.4 Å². The monoisotopic (exact) mass is 311 g/mol. The van der Waals surface area contributed by atoms with Crippen molar-refractivity contribution in [2.45, 2.75) is 12.3 Å². The van der Waals surface area contributed by atoms with Crippen molar-refractivity contribution in [1.82, 2.24) is 15.5 Å². The summed E-state index contributed by atoms with van der Waals surface area (Å²) >= 11 is 0. The molecule has 2 heterocycles. The van der Waals surface area contributed by atoms with Crippen LogP contribution in [0.5, 0.6) is 11.5 Å². The zero-order valence-electron chi connectivity index (χ0n) is 12.0. The number of benzene rings is 1. The third-order valence-electron chi connectivity index (χ3n) is 3.49. The predicted octanol–water partition coefficient (Wildman–Crippen LogP) is 2.25. The second kappa shape index (κ2) is 6.78. The molecule has 2 aromatic rings. The smallest absolute Gasteiger partial charge is 0.231 e. The van der Waals surface area contributed by atoms with E-state index in [2.05, 4.69) is 15.5 Å². The molecule has 1 fully saturated rings. The maximum Gasteiger partial charge on any atom is 0.231 e. The van der Waals surface area contributed by atoms with Gasteiger partial charge in [0, 0.05) is 12.1 Å². The second-order valence-electron chi connectivity index (χ2n) is 4.72. The Hall–Kier alpha value is -1.79. The molecule has 0 amide bonds. The van der Waals surface area contributed by atoms with Crippen molar-refractivity contribution in [3.05, 3.63) is 24.1 Å². The summed E-state index contributed by atoms with van der Waals surface area (Å²) in [6.07, 6.45) is 1.04. The summed E-state index contributed by atoms with van der Waals surface area (Å²) in [5.41, 5.74) is 0.851. The first-order valence-corrected chi connectivity index (χ1v) is 6.58. The van der Waals surface area contributed by atoms with Crippen LogP contribution < -0.4 is 14.8 Å². The van der Waals surface area contributed by atoms with Crippen LogP contribution in [0.3, 0.4) is 0 Å². The Bertz CT molecular complexity index is 597. The van der Waals surface area contributed by atoms with Crippen LogP contribution in [-0.2, 0) is 0 Å². The molecule has 6 nitrogen and oxygen atoms in total.